The Labute approximate surface area is 161 Å². The van der Waals surface area contributed by atoms with E-state index >= 15 is 0 Å². The van der Waals surface area contributed by atoms with Crippen molar-refractivity contribution in [3.8, 4) is 11.5 Å². The first kappa shape index (κ1) is 20.6. The van der Waals surface area contributed by atoms with Gasteiger partial charge < -0.3 is 19.9 Å². The maximum atomic E-state index is 10.3. The number of aliphatic hydroxyl groups is 1. The first-order chi connectivity index (χ1) is 12.2. The average molecular weight is 378 g/mol. The van der Waals surface area contributed by atoms with Crippen molar-refractivity contribution < 1.29 is 14.6 Å². The maximum Gasteiger partial charge on any atom is 0.161 e. The van der Waals surface area contributed by atoms with E-state index in [1.54, 1.807) is 7.11 Å². The Morgan fingerprint density at radius 1 is 1.15 bits per heavy atom. The number of unbranched alkanes of at least 4 members (excludes halogenated alkanes) is 1. The fourth-order valence-electron chi connectivity index (χ4n) is 3.32. The molecule has 0 aliphatic heterocycles. The van der Waals surface area contributed by atoms with E-state index in [9.17, 15) is 5.11 Å². The fraction of sp³-hybridized carbons (Fsp3) is 0.429. The number of fused-ring (bicyclic) bond motifs is 1. The van der Waals surface area contributed by atoms with Gasteiger partial charge in [0, 0.05) is 13.0 Å². The molecule has 1 aliphatic rings. The monoisotopic (exact) mass is 377 g/mol. The highest BCUT2D eigenvalue weighted by molar-refractivity contribution is 5.85. The maximum absolute atomic E-state index is 10.3. The number of methoxy groups -OCH3 is 1. The Balaban J connectivity index is 0.00000243. The van der Waals surface area contributed by atoms with Crippen molar-refractivity contribution in [2.24, 2.45) is 0 Å². The molecule has 2 atom stereocenters. The Morgan fingerprint density at radius 3 is 2.73 bits per heavy atom. The molecule has 1 aliphatic carbocycles. The van der Waals surface area contributed by atoms with E-state index in [2.05, 4.69) is 24.4 Å². The van der Waals surface area contributed by atoms with Crippen LogP contribution in [0.3, 0.4) is 0 Å². The summed E-state index contributed by atoms with van der Waals surface area (Å²) >= 11 is 0. The molecule has 0 unspecified atom stereocenters. The van der Waals surface area contributed by atoms with E-state index in [0.717, 1.165) is 29.9 Å². The van der Waals surface area contributed by atoms with E-state index in [0.29, 0.717) is 19.6 Å². The molecule has 2 N–H and O–H groups in total. The van der Waals surface area contributed by atoms with Crippen molar-refractivity contribution in [1.29, 1.82) is 0 Å². The van der Waals surface area contributed by atoms with Crippen LogP contribution in [0.15, 0.2) is 42.5 Å². The van der Waals surface area contributed by atoms with Gasteiger partial charge >= 0.3 is 0 Å². The number of hydrogen-bond donors (Lipinski definition) is 2. The number of aliphatic hydroxyl groups excluding tert-OH is 1. The highest BCUT2D eigenvalue weighted by Gasteiger charge is 2.30. The molecule has 142 valence electrons. The van der Waals surface area contributed by atoms with Gasteiger partial charge in [-0.3, -0.25) is 0 Å². The molecular formula is C21H28ClNO3. The molecule has 4 nitrogen and oxygen atoms in total. The van der Waals surface area contributed by atoms with Gasteiger partial charge in [-0.15, -0.1) is 12.4 Å². The first-order valence-corrected chi connectivity index (χ1v) is 9.02. The highest BCUT2D eigenvalue weighted by atomic mass is 35.5. The largest absolute Gasteiger partial charge is 0.493 e. The van der Waals surface area contributed by atoms with Crippen molar-refractivity contribution in [2.75, 3.05) is 13.7 Å². The lowest BCUT2D eigenvalue weighted by molar-refractivity contribution is 0.140. The van der Waals surface area contributed by atoms with Gasteiger partial charge in [0.2, 0.25) is 0 Å². The summed E-state index contributed by atoms with van der Waals surface area (Å²) in [4.78, 5) is 0. The van der Waals surface area contributed by atoms with Crippen LogP contribution in [0.25, 0.3) is 0 Å². The van der Waals surface area contributed by atoms with Crippen LogP contribution in [0.4, 0.5) is 0 Å². The Hall–Kier alpha value is -1.75. The zero-order valence-corrected chi connectivity index (χ0v) is 16.2. The molecule has 0 saturated heterocycles. The second-order valence-electron chi connectivity index (χ2n) is 6.52. The zero-order chi connectivity index (χ0) is 17.6. The zero-order valence-electron chi connectivity index (χ0n) is 15.4. The number of ether oxygens (including phenoxy) is 2. The smallest absolute Gasteiger partial charge is 0.161 e. The van der Waals surface area contributed by atoms with E-state index < -0.39 is 0 Å². The number of hydrogen-bond acceptors (Lipinski definition) is 4. The van der Waals surface area contributed by atoms with Crippen molar-refractivity contribution in [3.63, 3.8) is 0 Å². The van der Waals surface area contributed by atoms with Gasteiger partial charge in [-0.25, -0.2) is 0 Å². The molecule has 5 heteroatoms. The van der Waals surface area contributed by atoms with Crippen LogP contribution in [0.5, 0.6) is 11.5 Å². The van der Waals surface area contributed by atoms with Gasteiger partial charge in [0.05, 0.1) is 25.9 Å². The van der Waals surface area contributed by atoms with Crippen LogP contribution in [0.1, 0.15) is 42.5 Å². The molecule has 0 amide bonds. The summed E-state index contributed by atoms with van der Waals surface area (Å²) in [5.74, 6) is 1.54. The molecule has 0 fully saturated rings. The predicted octanol–water partition coefficient (Wildman–Crippen LogP) is 4.04. The Morgan fingerprint density at radius 2 is 1.96 bits per heavy atom. The minimum Gasteiger partial charge on any atom is -0.493 e. The molecular weight excluding hydrogens is 350 g/mol. The molecule has 0 spiro atoms. The molecule has 26 heavy (non-hydrogen) atoms. The summed E-state index contributed by atoms with van der Waals surface area (Å²) in [6.45, 7) is 3.52. The molecule has 0 bridgehead atoms. The first-order valence-electron chi connectivity index (χ1n) is 9.02. The average Bonchev–Trinajstić information content (AvgIpc) is 2.96. The molecule has 0 heterocycles. The van der Waals surface area contributed by atoms with Gasteiger partial charge in [0.1, 0.15) is 0 Å². The van der Waals surface area contributed by atoms with E-state index in [-0.39, 0.29) is 24.6 Å². The Kier molecular flexibility index (Phi) is 7.76. The predicted molar refractivity (Wildman–Crippen MR) is 106 cm³/mol. The molecule has 2 aromatic rings. The number of nitrogens with one attached hydrogen (secondary N) is 1. The second-order valence-corrected chi connectivity index (χ2v) is 6.52. The van der Waals surface area contributed by atoms with Gasteiger partial charge in [-0.2, -0.15) is 0 Å². The third-order valence-corrected chi connectivity index (χ3v) is 4.71. The Bertz CT molecular complexity index is 707. The van der Waals surface area contributed by atoms with Crippen LogP contribution >= 0.6 is 12.4 Å². The third kappa shape index (κ3) is 4.70. The topological polar surface area (TPSA) is 50.7 Å². The van der Waals surface area contributed by atoms with Gasteiger partial charge in [-0.05, 0) is 35.2 Å². The van der Waals surface area contributed by atoms with Gasteiger partial charge in [-0.1, -0.05) is 43.7 Å². The minimum atomic E-state index is -0.379. The van der Waals surface area contributed by atoms with Crippen molar-refractivity contribution in [1.82, 2.24) is 5.32 Å². The summed E-state index contributed by atoms with van der Waals surface area (Å²) in [6, 6.07) is 14.2. The second kappa shape index (κ2) is 9.81. The van der Waals surface area contributed by atoms with Crippen LogP contribution < -0.4 is 14.8 Å². The summed E-state index contributed by atoms with van der Waals surface area (Å²) in [7, 11) is 1.66. The molecule has 0 aromatic heterocycles. The lowest BCUT2D eigenvalue weighted by Gasteiger charge is -2.19. The van der Waals surface area contributed by atoms with Crippen molar-refractivity contribution in [3.05, 3.63) is 59.2 Å². The quantitative estimate of drug-likeness (QED) is 0.681. The van der Waals surface area contributed by atoms with Gasteiger partial charge in [0.15, 0.2) is 11.5 Å². The van der Waals surface area contributed by atoms with Crippen molar-refractivity contribution in [2.45, 2.75) is 44.9 Å². The number of rotatable bonds is 8. The SMILES string of the molecule is CCCCOc1ccc(CN[C@@H]2c3ccccc3C[C@@H]2O)cc1OC.Cl. The van der Waals surface area contributed by atoms with Crippen LogP contribution in [-0.2, 0) is 13.0 Å². The van der Waals surface area contributed by atoms with E-state index in [1.165, 1.54) is 11.1 Å². The number of benzene rings is 2. The van der Waals surface area contributed by atoms with Gasteiger partial charge in [0.25, 0.3) is 0 Å². The number of halogens is 1. The van der Waals surface area contributed by atoms with Crippen LogP contribution in [0, 0.1) is 0 Å². The lowest BCUT2D eigenvalue weighted by atomic mass is 10.1. The normalized spacial score (nSPS) is 18.1. The molecule has 0 saturated carbocycles. The van der Waals surface area contributed by atoms with E-state index in [4.69, 9.17) is 9.47 Å². The third-order valence-electron chi connectivity index (χ3n) is 4.71. The summed E-state index contributed by atoms with van der Waals surface area (Å²) in [5, 5.41) is 13.8. The molecule has 3 rings (SSSR count). The summed E-state index contributed by atoms with van der Waals surface area (Å²) in [5.41, 5.74) is 3.53. The van der Waals surface area contributed by atoms with E-state index in [1.807, 2.05) is 30.3 Å². The summed E-state index contributed by atoms with van der Waals surface area (Å²) < 4.78 is 11.2. The lowest BCUT2D eigenvalue weighted by Crippen LogP contribution is -2.28. The highest BCUT2D eigenvalue weighted by Crippen LogP contribution is 2.32. The molecule has 2 aromatic carbocycles. The summed E-state index contributed by atoms with van der Waals surface area (Å²) in [6.07, 6.45) is 2.47. The van der Waals surface area contributed by atoms with Crippen LogP contribution in [0.2, 0.25) is 0 Å². The minimum absolute atomic E-state index is 0. The standard InChI is InChI=1S/C21H27NO3.ClH/c1-3-4-11-25-19-10-9-15(12-20(19)24-2)14-22-21-17-8-6-5-7-16(17)13-18(21)23;/h5-10,12,18,21-23H,3-4,11,13-14H2,1-2H3;1H/t18-,21+;/m0./s1. The van der Waals surface area contributed by atoms with Crippen LogP contribution in [-0.4, -0.2) is 24.9 Å². The molecule has 0 radical (unpaired) electrons. The van der Waals surface area contributed by atoms with Crippen molar-refractivity contribution >= 4 is 12.4 Å². The fourth-order valence-corrected chi connectivity index (χ4v) is 3.32.